The van der Waals surface area contributed by atoms with Crippen molar-refractivity contribution >= 4 is 6.29 Å². The number of aryl methyl sites for hydroxylation is 1. The number of hydrogen-bond acceptors (Lipinski definition) is 3. The summed E-state index contributed by atoms with van der Waals surface area (Å²) in [6.07, 6.45) is 2.02. The number of ether oxygens (including phenoxy) is 1. The Bertz CT molecular complexity index is 535. The first-order valence-electron chi connectivity index (χ1n) is 6.22. The molecule has 19 heavy (non-hydrogen) atoms. The van der Waals surface area contributed by atoms with Crippen LogP contribution in [0.4, 0.5) is 0 Å². The SMILES string of the molecule is O=CCCc1ccc(O)c(OCc2ccccc2)c1. The van der Waals surface area contributed by atoms with E-state index in [1.807, 2.05) is 30.3 Å². The number of aromatic hydroxyl groups is 1. The van der Waals surface area contributed by atoms with Crippen molar-refractivity contribution < 1.29 is 14.6 Å². The Labute approximate surface area is 112 Å². The van der Waals surface area contributed by atoms with Gasteiger partial charge in [-0.2, -0.15) is 0 Å². The van der Waals surface area contributed by atoms with Crippen molar-refractivity contribution in [3.05, 3.63) is 59.7 Å². The van der Waals surface area contributed by atoms with Crippen LogP contribution in [0.2, 0.25) is 0 Å². The summed E-state index contributed by atoms with van der Waals surface area (Å²) in [6.45, 7) is 0.408. The van der Waals surface area contributed by atoms with Gasteiger partial charge in [-0.15, -0.1) is 0 Å². The molecule has 0 saturated carbocycles. The van der Waals surface area contributed by atoms with Crippen LogP contribution < -0.4 is 4.74 Å². The van der Waals surface area contributed by atoms with Crippen LogP contribution in [-0.2, 0) is 17.8 Å². The Morgan fingerprint density at radius 2 is 1.84 bits per heavy atom. The van der Waals surface area contributed by atoms with Crippen molar-refractivity contribution in [2.24, 2.45) is 0 Å². The molecule has 0 atom stereocenters. The highest BCUT2D eigenvalue weighted by atomic mass is 16.5. The molecule has 0 aliphatic heterocycles. The minimum Gasteiger partial charge on any atom is -0.504 e. The van der Waals surface area contributed by atoms with Gasteiger partial charge in [0.15, 0.2) is 11.5 Å². The van der Waals surface area contributed by atoms with Crippen molar-refractivity contribution in [1.82, 2.24) is 0 Å². The Hall–Kier alpha value is -2.29. The lowest BCUT2D eigenvalue weighted by atomic mass is 10.1. The monoisotopic (exact) mass is 256 g/mol. The molecule has 0 saturated heterocycles. The van der Waals surface area contributed by atoms with E-state index in [2.05, 4.69) is 0 Å². The lowest BCUT2D eigenvalue weighted by molar-refractivity contribution is -0.107. The summed E-state index contributed by atoms with van der Waals surface area (Å²) in [5, 5.41) is 9.74. The van der Waals surface area contributed by atoms with Gasteiger partial charge in [-0.25, -0.2) is 0 Å². The Balaban J connectivity index is 2.04. The van der Waals surface area contributed by atoms with Crippen molar-refractivity contribution in [3.63, 3.8) is 0 Å². The lowest BCUT2D eigenvalue weighted by Gasteiger charge is -2.09. The zero-order valence-electron chi connectivity index (χ0n) is 10.6. The number of phenols is 1. The van der Waals surface area contributed by atoms with E-state index in [0.29, 0.717) is 25.2 Å². The van der Waals surface area contributed by atoms with Crippen LogP contribution in [0.25, 0.3) is 0 Å². The molecule has 3 nitrogen and oxygen atoms in total. The summed E-state index contributed by atoms with van der Waals surface area (Å²) in [5.74, 6) is 0.568. The standard InChI is InChI=1S/C16H16O3/c17-10-4-7-13-8-9-15(18)16(11-13)19-12-14-5-2-1-3-6-14/h1-3,5-6,8-11,18H,4,7,12H2. The largest absolute Gasteiger partial charge is 0.504 e. The maximum Gasteiger partial charge on any atom is 0.161 e. The smallest absolute Gasteiger partial charge is 0.161 e. The molecular formula is C16H16O3. The fraction of sp³-hybridized carbons (Fsp3) is 0.188. The number of aldehydes is 1. The maximum absolute atomic E-state index is 10.4. The van der Waals surface area contributed by atoms with Crippen molar-refractivity contribution in [3.8, 4) is 11.5 Å². The van der Waals surface area contributed by atoms with Crippen LogP contribution in [-0.4, -0.2) is 11.4 Å². The van der Waals surface area contributed by atoms with Crippen molar-refractivity contribution in [2.45, 2.75) is 19.4 Å². The number of hydrogen-bond donors (Lipinski definition) is 1. The Kier molecular flexibility index (Phi) is 4.56. The highest BCUT2D eigenvalue weighted by Crippen LogP contribution is 2.28. The molecule has 0 aliphatic rings. The number of benzene rings is 2. The fourth-order valence-electron chi connectivity index (χ4n) is 1.79. The number of rotatable bonds is 6. The van der Waals surface area contributed by atoms with Crippen LogP contribution in [0, 0.1) is 0 Å². The van der Waals surface area contributed by atoms with Gasteiger partial charge in [0.05, 0.1) is 0 Å². The summed E-state index contributed by atoms with van der Waals surface area (Å²) in [7, 11) is 0. The quantitative estimate of drug-likeness (QED) is 0.808. The summed E-state index contributed by atoms with van der Waals surface area (Å²) >= 11 is 0. The molecule has 0 aromatic heterocycles. The summed E-state index contributed by atoms with van der Waals surface area (Å²) in [6, 6.07) is 14.9. The van der Waals surface area contributed by atoms with E-state index in [-0.39, 0.29) is 5.75 Å². The van der Waals surface area contributed by atoms with Crippen LogP contribution in [0.15, 0.2) is 48.5 Å². The maximum atomic E-state index is 10.4. The predicted molar refractivity (Wildman–Crippen MR) is 73.3 cm³/mol. The third kappa shape index (κ3) is 3.85. The van der Waals surface area contributed by atoms with Crippen LogP contribution in [0.1, 0.15) is 17.5 Å². The molecule has 0 aliphatic carbocycles. The summed E-state index contributed by atoms with van der Waals surface area (Å²) in [5.41, 5.74) is 2.02. The molecule has 0 spiro atoms. The molecule has 0 fully saturated rings. The highest BCUT2D eigenvalue weighted by Gasteiger charge is 2.04. The first-order valence-corrected chi connectivity index (χ1v) is 6.22. The Morgan fingerprint density at radius 3 is 2.58 bits per heavy atom. The van der Waals surface area contributed by atoms with Gasteiger partial charge in [-0.3, -0.25) is 0 Å². The van der Waals surface area contributed by atoms with E-state index in [9.17, 15) is 9.90 Å². The van der Waals surface area contributed by atoms with Gasteiger partial charge < -0.3 is 14.6 Å². The number of carbonyl (C=O) groups excluding carboxylic acids is 1. The zero-order valence-corrected chi connectivity index (χ0v) is 10.6. The molecule has 2 rings (SSSR count). The van der Waals surface area contributed by atoms with Gasteiger partial charge in [-0.05, 0) is 29.7 Å². The van der Waals surface area contributed by atoms with E-state index < -0.39 is 0 Å². The molecule has 0 heterocycles. The molecule has 98 valence electrons. The lowest BCUT2D eigenvalue weighted by Crippen LogP contribution is -1.96. The van der Waals surface area contributed by atoms with Crippen molar-refractivity contribution in [2.75, 3.05) is 0 Å². The van der Waals surface area contributed by atoms with Crippen LogP contribution >= 0.6 is 0 Å². The van der Waals surface area contributed by atoms with Gasteiger partial charge in [0.1, 0.15) is 12.9 Å². The number of carbonyl (C=O) groups is 1. The van der Waals surface area contributed by atoms with Gasteiger partial charge in [0.2, 0.25) is 0 Å². The second-order valence-corrected chi connectivity index (χ2v) is 4.28. The molecule has 2 aromatic carbocycles. The average Bonchev–Trinajstić information content (AvgIpc) is 2.46. The second kappa shape index (κ2) is 6.59. The Morgan fingerprint density at radius 1 is 1.05 bits per heavy atom. The first kappa shape index (κ1) is 13.1. The van der Waals surface area contributed by atoms with E-state index >= 15 is 0 Å². The topological polar surface area (TPSA) is 46.5 Å². The third-order valence-electron chi connectivity index (χ3n) is 2.81. The number of phenolic OH excluding ortho intramolecular Hbond substituents is 1. The van der Waals surface area contributed by atoms with E-state index in [0.717, 1.165) is 17.4 Å². The minimum atomic E-state index is 0.116. The van der Waals surface area contributed by atoms with Crippen LogP contribution in [0.3, 0.4) is 0 Å². The van der Waals surface area contributed by atoms with Gasteiger partial charge in [0, 0.05) is 6.42 Å². The minimum absolute atomic E-state index is 0.116. The molecule has 0 radical (unpaired) electrons. The fourth-order valence-corrected chi connectivity index (χ4v) is 1.79. The van der Waals surface area contributed by atoms with Gasteiger partial charge in [0.25, 0.3) is 0 Å². The average molecular weight is 256 g/mol. The second-order valence-electron chi connectivity index (χ2n) is 4.28. The van der Waals surface area contributed by atoms with Gasteiger partial charge in [-0.1, -0.05) is 36.4 Å². The molecule has 0 bridgehead atoms. The third-order valence-corrected chi connectivity index (χ3v) is 2.81. The van der Waals surface area contributed by atoms with E-state index in [4.69, 9.17) is 4.74 Å². The molecule has 2 aromatic rings. The normalized spacial score (nSPS) is 10.1. The molecular weight excluding hydrogens is 240 g/mol. The molecule has 3 heteroatoms. The highest BCUT2D eigenvalue weighted by molar-refractivity contribution is 5.51. The molecule has 0 unspecified atom stereocenters. The molecule has 0 amide bonds. The molecule has 1 N–H and O–H groups in total. The van der Waals surface area contributed by atoms with Gasteiger partial charge >= 0.3 is 0 Å². The van der Waals surface area contributed by atoms with E-state index in [1.54, 1.807) is 18.2 Å². The zero-order chi connectivity index (χ0) is 13.5. The summed E-state index contributed by atoms with van der Waals surface area (Å²) < 4.78 is 5.61. The van der Waals surface area contributed by atoms with E-state index in [1.165, 1.54) is 0 Å². The predicted octanol–water partition coefficient (Wildman–Crippen LogP) is 3.10. The summed E-state index contributed by atoms with van der Waals surface area (Å²) in [4.78, 5) is 10.4. The first-order chi connectivity index (χ1) is 9.29. The van der Waals surface area contributed by atoms with Crippen LogP contribution in [0.5, 0.6) is 11.5 Å². The van der Waals surface area contributed by atoms with Crippen molar-refractivity contribution in [1.29, 1.82) is 0 Å².